The summed E-state index contributed by atoms with van der Waals surface area (Å²) in [5, 5.41) is 9.13. The van der Waals surface area contributed by atoms with Crippen molar-refractivity contribution in [2.24, 2.45) is 0 Å². The Bertz CT molecular complexity index is 367. The van der Waals surface area contributed by atoms with Crippen LogP contribution in [0.3, 0.4) is 0 Å². The minimum atomic E-state index is -0.271. The van der Waals surface area contributed by atoms with Gasteiger partial charge >= 0.3 is 0 Å². The molecule has 0 aromatic heterocycles. The van der Waals surface area contributed by atoms with Crippen LogP contribution in [0.15, 0.2) is 18.2 Å². The predicted molar refractivity (Wildman–Crippen MR) is 72.7 cm³/mol. The number of aliphatic hydroxyl groups is 1. The Kier molecular flexibility index (Phi) is 6.09. The number of anilines is 1. The zero-order chi connectivity index (χ0) is 13.5. The maximum absolute atomic E-state index is 13.2. The van der Waals surface area contributed by atoms with Crippen LogP contribution in [0.1, 0.15) is 32.3 Å². The van der Waals surface area contributed by atoms with Crippen LogP contribution in [-0.4, -0.2) is 29.2 Å². The van der Waals surface area contributed by atoms with Crippen LogP contribution in [0.5, 0.6) is 0 Å². The Morgan fingerprint density at radius 1 is 1.33 bits per heavy atom. The van der Waals surface area contributed by atoms with Crippen LogP contribution in [0.4, 0.5) is 10.1 Å². The lowest BCUT2D eigenvalue weighted by atomic mass is 10.1. The van der Waals surface area contributed by atoms with Crippen LogP contribution in [0.2, 0.25) is 0 Å². The molecule has 18 heavy (non-hydrogen) atoms. The summed E-state index contributed by atoms with van der Waals surface area (Å²) in [7, 11) is 0. The average molecular weight is 254 g/mol. The summed E-state index contributed by atoms with van der Waals surface area (Å²) in [6.07, 6.45) is 2.01. The van der Waals surface area contributed by atoms with Gasteiger partial charge in [-0.2, -0.15) is 0 Å². The third-order valence-corrected chi connectivity index (χ3v) is 3.32. The fraction of sp³-hybridized carbons (Fsp3) is 0.571. The molecule has 1 aromatic rings. The average Bonchev–Trinajstić information content (AvgIpc) is 2.35. The van der Waals surface area contributed by atoms with E-state index in [1.807, 2.05) is 0 Å². The third kappa shape index (κ3) is 3.96. The van der Waals surface area contributed by atoms with Crippen LogP contribution < -0.4 is 5.73 Å². The predicted octanol–water partition coefficient (Wildman–Crippen LogP) is 2.39. The van der Waals surface area contributed by atoms with Gasteiger partial charge in [0.05, 0.1) is 6.61 Å². The van der Waals surface area contributed by atoms with Crippen molar-refractivity contribution in [3.63, 3.8) is 0 Å². The van der Waals surface area contributed by atoms with Crippen LogP contribution in [-0.2, 0) is 6.54 Å². The van der Waals surface area contributed by atoms with Crippen molar-refractivity contribution in [2.75, 3.05) is 18.9 Å². The summed E-state index contributed by atoms with van der Waals surface area (Å²) >= 11 is 0. The lowest BCUT2D eigenvalue weighted by Gasteiger charge is -2.30. The number of aliphatic hydroxyl groups excluding tert-OH is 1. The highest BCUT2D eigenvalue weighted by atomic mass is 19.1. The Morgan fingerprint density at radius 2 is 2.00 bits per heavy atom. The molecular formula is C14H23FN2O. The standard InChI is InChI=1S/C14H23FN2O/c1-3-13(4-2)17(7-8-18)10-11-9-12(15)5-6-14(11)16/h5-6,9,13,18H,3-4,7-8,10,16H2,1-2H3. The molecule has 102 valence electrons. The molecule has 0 aliphatic carbocycles. The fourth-order valence-corrected chi connectivity index (χ4v) is 2.25. The molecule has 1 aromatic carbocycles. The van der Waals surface area contributed by atoms with Crippen LogP contribution in [0, 0.1) is 5.82 Å². The fourth-order valence-electron chi connectivity index (χ4n) is 2.25. The van der Waals surface area contributed by atoms with Gasteiger partial charge in [0.15, 0.2) is 0 Å². The Morgan fingerprint density at radius 3 is 2.56 bits per heavy atom. The molecule has 0 saturated heterocycles. The van der Waals surface area contributed by atoms with Gasteiger partial charge in [0.2, 0.25) is 0 Å². The van der Waals surface area contributed by atoms with E-state index in [0.717, 1.165) is 18.4 Å². The molecule has 0 saturated carbocycles. The van der Waals surface area contributed by atoms with E-state index in [1.54, 1.807) is 6.07 Å². The largest absolute Gasteiger partial charge is 0.398 e. The summed E-state index contributed by atoms with van der Waals surface area (Å²) in [4.78, 5) is 2.16. The quantitative estimate of drug-likeness (QED) is 0.735. The van der Waals surface area contributed by atoms with Crippen LogP contribution in [0.25, 0.3) is 0 Å². The van der Waals surface area contributed by atoms with E-state index in [1.165, 1.54) is 12.1 Å². The molecule has 0 bridgehead atoms. The molecule has 4 heteroatoms. The molecule has 0 radical (unpaired) electrons. The van der Waals surface area contributed by atoms with Gasteiger partial charge in [-0.05, 0) is 36.6 Å². The maximum Gasteiger partial charge on any atom is 0.123 e. The van der Waals surface area contributed by atoms with Crippen molar-refractivity contribution >= 4 is 5.69 Å². The number of hydrogen-bond acceptors (Lipinski definition) is 3. The van der Waals surface area contributed by atoms with Crippen molar-refractivity contribution in [1.82, 2.24) is 4.90 Å². The Balaban J connectivity index is 2.85. The summed E-state index contributed by atoms with van der Waals surface area (Å²) in [5.41, 5.74) is 7.25. The third-order valence-electron chi connectivity index (χ3n) is 3.32. The lowest BCUT2D eigenvalue weighted by molar-refractivity contribution is 0.136. The minimum Gasteiger partial charge on any atom is -0.398 e. The number of rotatable bonds is 7. The molecular weight excluding hydrogens is 231 g/mol. The molecule has 0 atom stereocenters. The van der Waals surface area contributed by atoms with Gasteiger partial charge in [-0.15, -0.1) is 0 Å². The highest BCUT2D eigenvalue weighted by molar-refractivity contribution is 5.46. The van der Waals surface area contributed by atoms with Crippen molar-refractivity contribution in [3.8, 4) is 0 Å². The van der Waals surface area contributed by atoms with E-state index in [4.69, 9.17) is 10.8 Å². The molecule has 1 rings (SSSR count). The van der Waals surface area contributed by atoms with Gasteiger partial charge in [0.25, 0.3) is 0 Å². The maximum atomic E-state index is 13.2. The zero-order valence-corrected chi connectivity index (χ0v) is 11.2. The molecule has 0 heterocycles. The summed E-state index contributed by atoms with van der Waals surface area (Å²) in [6.45, 7) is 5.51. The summed E-state index contributed by atoms with van der Waals surface area (Å²) in [6, 6.07) is 4.82. The normalized spacial score (nSPS) is 11.4. The Hall–Kier alpha value is -1.13. The zero-order valence-electron chi connectivity index (χ0n) is 11.2. The van der Waals surface area contributed by atoms with Gasteiger partial charge in [0.1, 0.15) is 5.82 Å². The van der Waals surface area contributed by atoms with Crippen molar-refractivity contribution < 1.29 is 9.50 Å². The first-order valence-corrected chi connectivity index (χ1v) is 6.51. The van der Waals surface area contributed by atoms with Crippen molar-refractivity contribution in [1.29, 1.82) is 0 Å². The van der Waals surface area contributed by atoms with Gasteiger partial charge in [-0.3, -0.25) is 4.90 Å². The molecule has 3 nitrogen and oxygen atoms in total. The van der Waals surface area contributed by atoms with Gasteiger partial charge in [-0.25, -0.2) is 4.39 Å². The van der Waals surface area contributed by atoms with Crippen molar-refractivity contribution in [2.45, 2.75) is 39.3 Å². The second kappa shape index (κ2) is 7.34. The van der Waals surface area contributed by atoms with E-state index in [9.17, 15) is 4.39 Å². The van der Waals surface area contributed by atoms with Gasteiger partial charge in [-0.1, -0.05) is 13.8 Å². The van der Waals surface area contributed by atoms with E-state index in [-0.39, 0.29) is 12.4 Å². The first-order valence-electron chi connectivity index (χ1n) is 6.51. The number of nitrogens with zero attached hydrogens (tertiary/aromatic N) is 1. The number of halogens is 1. The first kappa shape index (κ1) is 14.9. The molecule has 0 fully saturated rings. The minimum absolute atomic E-state index is 0.103. The molecule has 0 amide bonds. The smallest absolute Gasteiger partial charge is 0.123 e. The van der Waals surface area contributed by atoms with E-state index >= 15 is 0 Å². The monoisotopic (exact) mass is 254 g/mol. The topological polar surface area (TPSA) is 49.5 Å². The number of nitrogen functional groups attached to an aromatic ring is 1. The molecule has 3 N–H and O–H groups in total. The Labute approximate surface area is 108 Å². The first-order chi connectivity index (χ1) is 8.62. The highest BCUT2D eigenvalue weighted by Crippen LogP contribution is 2.19. The number of nitrogens with two attached hydrogens (primary N) is 1. The molecule has 0 unspecified atom stereocenters. The van der Waals surface area contributed by atoms with Gasteiger partial charge in [0, 0.05) is 24.8 Å². The highest BCUT2D eigenvalue weighted by Gasteiger charge is 2.16. The summed E-state index contributed by atoms with van der Waals surface area (Å²) in [5.74, 6) is -0.271. The second-order valence-electron chi connectivity index (χ2n) is 4.51. The van der Waals surface area contributed by atoms with Gasteiger partial charge < -0.3 is 10.8 Å². The lowest BCUT2D eigenvalue weighted by Crippen LogP contribution is -2.36. The SMILES string of the molecule is CCC(CC)N(CCO)Cc1cc(F)ccc1N. The van der Waals surface area contributed by atoms with E-state index in [2.05, 4.69) is 18.7 Å². The van der Waals surface area contributed by atoms with Crippen molar-refractivity contribution in [3.05, 3.63) is 29.6 Å². The molecule has 0 spiro atoms. The molecule has 0 aliphatic rings. The number of hydrogen-bond donors (Lipinski definition) is 2. The van der Waals surface area contributed by atoms with E-state index in [0.29, 0.717) is 24.8 Å². The molecule has 0 aliphatic heterocycles. The second-order valence-corrected chi connectivity index (χ2v) is 4.51. The number of benzene rings is 1. The summed E-state index contributed by atoms with van der Waals surface area (Å²) < 4.78 is 13.2. The van der Waals surface area contributed by atoms with E-state index < -0.39 is 0 Å². The van der Waals surface area contributed by atoms with Crippen LogP contribution >= 0.6 is 0 Å².